The molecule has 0 aliphatic carbocycles. The number of carbonyl (C=O) groups excluding carboxylic acids is 1. The van der Waals surface area contributed by atoms with Crippen LogP contribution < -0.4 is 5.32 Å². The Hall–Kier alpha value is -3.77. The minimum atomic E-state index is 0.0455. The number of benzene rings is 2. The van der Waals surface area contributed by atoms with E-state index >= 15 is 0 Å². The van der Waals surface area contributed by atoms with Gasteiger partial charge in [-0.3, -0.25) is 14.8 Å². The average Bonchev–Trinajstić information content (AvgIpc) is 3.14. The molecule has 178 valence electrons. The van der Waals surface area contributed by atoms with Gasteiger partial charge in [-0.2, -0.15) is 0 Å². The third-order valence-corrected chi connectivity index (χ3v) is 6.51. The quantitative estimate of drug-likeness (QED) is 0.439. The lowest BCUT2D eigenvalue weighted by Crippen LogP contribution is -2.36. The smallest absolute Gasteiger partial charge is 0.254 e. The van der Waals surface area contributed by atoms with Crippen LogP contribution in [0.15, 0.2) is 79.3 Å². The summed E-state index contributed by atoms with van der Waals surface area (Å²) in [7, 11) is 0. The fourth-order valence-corrected chi connectivity index (χ4v) is 4.58. The number of nitrogens with zero attached hydrogens (tertiary/aromatic N) is 3. The summed E-state index contributed by atoms with van der Waals surface area (Å²) in [5, 5.41) is 4.60. The minimum absolute atomic E-state index is 0.0455. The molecule has 1 saturated heterocycles. The van der Waals surface area contributed by atoms with Gasteiger partial charge in [-0.15, -0.1) is 0 Å². The van der Waals surface area contributed by atoms with Gasteiger partial charge in [0.1, 0.15) is 0 Å². The molecular formula is C29H30N4O2. The van der Waals surface area contributed by atoms with Crippen LogP contribution in [0, 0.1) is 12.8 Å². The SMILES string of the molecule is Cc1ccc(C(=O)N2CCOC[C@@H](Cc3cnc4ccccc4c3)C2)cc1NCc1ccncc1. The molecule has 0 spiro atoms. The Morgan fingerprint density at radius 2 is 1.94 bits per heavy atom. The van der Waals surface area contributed by atoms with Crippen molar-refractivity contribution < 1.29 is 9.53 Å². The summed E-state index contributed by atoms with van der Waals surface area (Å²) < 4.78 is 5.88. The van der Waals surface area contributed by atoms with E-state index in [1.165, 1.54) is 5.56 Å². The van der Waals surface area contributed by atoms with E-state index in [2.05, 4.69) is 34.3 Å². The van der Waals surface area contributed by atoms with E-state index < -0.39 is 0 Å². The van der Waals surface area contributed by atoms with Crippen LogP contribution >= 0.6 is 0 Å². The lowest BCUT2D eigenvalue weighted by molar-refractivity contribution is 0.0737. The van der Waals surface area contributed by atoms with Crippen molar-refractivity contribution in [3.63, 3.8) is 0 Å². The second kappa shape index (κ2) is 10.7. The molecule has 0 bridgehead atoms. The molecule has 0 radical (unpaired) electrons. The van der Waals surface area contributed by atoms with E-state index in [9.17, 15) is 4.79 Å². The van der Waals surface area contributed by atoms with Gasteiger partial charge < -0.3 is 15.0 Å². The average molecular weight is 467 g/mol. The van der Waals surface area contributed by atoms with Crippen molar-refractivity contribution >= 4 is 22.5 Å². The molecule has 0 saturated carbocycles. The number of aryl methyl sites for hydroxylation is 1. The van der Waals surface area contributed by atoms with Crippen molar-refractivity contribution in [2.75, 3.05) is 31.6 Å². The van der Waals surface area contributed by atoms with E-state index in [1.807, 2.05) is 59.6 Å². The molecular weight excluding hydrogens is 436 g/mol. The van der Waals surface area contributed by atoms with Gasteiger partial charge in [-0.05, 0) is 66.4 Å². The molecule has 35 heavy (non-hydrogen) atoms. The van der Waals surface area contributed by atoms with E-state index in [0.717, 1.165) is 34.1 Å². The number of rotatable bonds is 6. The fourth-order valence-electron chi connectivity index (χ4n) is 4.58. The highest BCUT2D eigenvalue weighted by Crippen LogP contribution is 2.22. The highest BCUT2D eigenvalue weighted by Gasteiger charge is 2.24. The maximum atomic E-state index is 13.5. The monoisotopic (exact) mass is 466 g/mol. The van der Waals surface area contributed by atoms with Crippen molar-refractivity contribution in [1.29, 1.82) is 0 Å². The molecule has 2 aromatic carbocycles. The Morgan fingerprint density at radius 1 is 1.09 bits per heavy atom. The van der Waals surface area contributed by atoms with Crippen LogP contribution in [-0.2, 0) is 17.7 Å². The van der Waals surface area contributed by atoms with Crippen LogP contribution in [0.3, 0.4) is 0 Å². The Balaban J connectivity index is 1.28. The van der Waals surface area contributed by atoms with Crippen molar-refractivity contribution in [2.24, 2.45) is 5.92 Å². The number of hydrogen-bond acceptors (Lipinski definition) is 5. The van der Waals surface area contributed by atoms with Crippen molar-refractivity contribution in [3.8, 4) is 0 Å². The summed E-state index contributed by atoms with van der Waals surface area (Å²) in [6.45, 7) is 5.19. The van der Waals surface area contributed by atoms with Crippen LogP contribution in [0.1, 0.15) is 27.0 Å². The van der Waals surface area contributed by atoms with Crippen LogP contribution in [-0.4, -0.2) is 47.1 Å². The van der Waals surface area contributed by atoms with Gasteiger partial charge in [-0.1, -0.05) is 24.3 Å². The summed E-state index contributed by atoms with van der Waals surface area (Å²) in [5.74, 6) is 0.267. The minimum Gasteiger partial charge on any atom is -0.381 e. The summed E-state index contributed by atoms with van der Waals surface area (Å²) in [4.78, 5) is 24.1. The Bertz CT molecular complexity index is 1310. The summed E-state index contributed by atoms with van der Waals surface area (Å²) >= 11 is 0. The van der Waals surface area contributed by atoms with E-state index in [4.69, 9.17) is 4.74 Å². The van der Waals surface area contributed by atoms with Gasteiger partial charge in [0.25, 0.3) is 5.91 Å². The van der Waals surface area contributed by atoms with Gasteiger partial charge in [0.15, 0.2) is 0 Å². The molecule has 1 amide bonds. The molecule has 2 aromatic heterocycles. The normalized spacial score (nSPS) is 16.1. The van der Waals surface area contributed by atoms with Gasteiger partial charge in [-0.25, -0.2) is 0 Å². The molecule has 4 aromatic rings. The summed E-state index contributed by atoms with van der Waals surface area (Å²) in [6.07, 6.45) is 6.35. The zero-order valence-electron chi connectivity index (χ0n) is 20.0. The highest BCUT2D eigenvalue weighted by molar-refractivity contribution is 5.95. The van der Waals surface area contributed by atoms with Crippen LogP contribution in [0.4, 0.5) is 5.69 Å². The van der Waals surface area contributed by atoms with Crippen molar-refractivity contribution in [1.82, 2.24) is 14.9 Å². The molecule has 1 fully saturated rings. The predicted molar refractivity (Wildman–Crippen MR) is 138 cm³/mol. The molecule has 1 aliphatic heterocycles. The van der Waals surface area contributed by atoms with Crippen LogP contribution in [0.25, 0.3) is 10.9 Å². The third kappa shape index (κ3) is 5.66. The molecule has 1 aliphatic rings. The second-order valence-electron chi connectivity index (χ2n) is 9.17. The van der Waals surface area contributed by atoms with E-state index in [-0.39, 0.29) is 11.8 Å². The number of pyridine rings is 2. The highest BCUT2D eigenvalue weighted by atomic mass is 16.5. The molecule has 3 heterocycles. The number of aromatic nitrogens is 2. The van der Waals surface area contributed by atoms with Crippen LogP contribution in [0.2, 0.25) is 0 Å². The van der Waals surface area contributed by atoms with Crippen molar-refractivity contribution in [2.45, 2.75) is 19.9 Å². The van der Waals surface area contributed by atoms with E-state index in [0.29, 0.717) is 38.4 Å². The van der Waals surface area contributed by atoms with Gasteiger partial charge in [0, 0.05) is 60.8 Å². The molecule has 1 N–H and O–H groups in total. The Morgan fingerprint density at radius 3 is 2.83 bits per heavy atom. The summed E-state index contributed by atoms with van der Waals surface area (Å²) in [6, 6.07) is 20.2. The topological polar surface area (TPSA) is 67.4 Å². The number of carbonyl (C=O) groups is 1. The number of fused-ring (bicyclic) bond motifs is 1. The first-order valence-corrected chi connectivity index (χ1v) is 12.1. The number of ether oxygens (including phenoxy) is 1. The van der Waals surface area contributed by atoms with Gasteiger partial charge >= 0.3 is 0 Å². The molecule has 5 rings (SSSR count). The van der Waals surface area contributed by atoms with Crippen LogP contribution in [0.5, 0.6) is 0 Å². The number of nitrogens with one attached hydrogen (secondary N) is 1. The maximum absolute atomic E-state index is 13.5. The Kier molecular flexibility index (Phi) is 7.00. The Labute approximate surface area is 206 Å². The molecule has 1 atom stereocenters. The fraction of sp³-hybridized carbons (Fsp3) is 0.276. The zero-order valence-corrected chi connectivity index (χ0v) is 20.0. The number of hydrogen-bond donors (Lipinski definition) is 1. The summed E-state index contributed by atoms with van der Waals surface area (Å²) in [5.41, 5.74) is 6.09. The number of amides is 1. The predicted octanol–water partition coefficient (Wildman–Crippen LogP) is 4.88. The molecule has 6 nitrogen and oxygen atoms in total. The lowest BCUT2D eigenvalue weighted by atomic mass is 9.99. The molecule has 6 heteroatoms. The van der Waals surface area contributed by atoms with E-state index in [1.54, 1.807) is 12.4 Å². The van der Waals surface area contributed by atoms with Crippen molar-refractivity contribution in [3.05, 3.63) is 102 Å². The maximum Gasteiger partial charge on any atom is 0.254 e. The largest absolute Gasteiger partial charge is 0.381 e. The first-order chi connectivity index (χ1) is 17.2. The zero-order chi connectivity index (χ0) is 24.0. The standard InChI is InChI=1S/C29H30N4O2/c1-21-6-7-26(16-28(21)32-17-22-8-10-30-11-9-22)29(34)33-12-13-35-20-24(19-33)14-23-15-25-4-2-3-5-27(25)31-18-23/h2-11,15-16,18,24,32H,12-14,17,19-20H2,1H3/t24-/m0/s1. The number of para-hydroxylation sites is 1. The first kappa shape index (κ1) is 23.0. The second-order valence-corrected chi connectivity index (χ2v) is 9.17. The third-order valence-electron chi connectivity index (χ3n) is 6.51. The molecule has 0 unspecified atom stereocenters. The van der Waals surface area contributed by atoms with Gasteiger partial charge in [0.2, 0.25) is 0 Å². The number of anilines is 1. The lowest BCUT2D eigenvalue weighted by Gasteiger charge is -2.24. The first-order valence-electron chi connectivity index (χ1n) is 12.1. The van der Waals surface area contributed by atoms with Gasteiger partial charge in [0.05, 0.1) is 18.7 Å².